The number of hydrogen-bond donors (Lipinski definition) is 3. The number of benzene rings is 2. The summed E-state index contributed by atoms with van der Waals surface area (Å²) in [7, 11) is 0. The summed E-state index contributed by atoms with van der Waals surface area (Å²) in [4.78, 5) is 12.5. The Labute approximate surface area is 150 Å². The molecule has 6 nitrogen and oxygen atoms in total. The number of anilines is 1. The zero-order chi connectivity index (χ0) is 17.2. The van der Waals surface area contributed by atoms with Gasteiger partial charge in [-0.25, -0.2) is 10.9 Å². The summed E-state index contributed by atoms with van der Waals surface area (Å²) in [6.45, 7) is 1.05. The van der Waals surface area contributed by atoms with Gasteiger partial charge in [0, 0.05) is 22.8 Å². The molecule has 1 saturated heterocycles. The first-order valence-electron chi connectivity index (χ1n) is 8.17. The van der Waals surface area contributed by atoms with Gasteiger partial charge >= 0.3 is 0 Å². The van der Waals surface area contributed by atoms with Crippen LogP contribution in [0, 0.1) is 0 Å². The van der Waals surface area contributed by atoms with Gasteiger partial charge in [0.05, 0.1) is 0 Å². The van der Waals surface area contributed by atoms with E-state index in [2.05, 4.69) is 16.2 Å². The van der Waals surface area contributed by atoms with E-state index < -0.39 is 0 Å². The number of fused-ring (bicyclic) bond motifs is 1. The molecule has 4 rings (SSSR count). The van der Waals surface area contributed by atoms with Crippen LogP contribution in [0.25, 0.3) is 0 Å². The van der Waals surface area contributed by atoms with Gasteiger partial charge in [-0.05, 0) is 30.2 Å². The number of carbonyl (C=O) groups excluding carboxylic acids is 1. The molecule has 0 spiro atoms. The highest BCUT2D eigenvalue weighted by Gasteiger charge is 2.31. The van der Waals surface area contributed by atoms with Crippen LogP contribution in [0.3, 0.4) is 0 Å². The molecule has 2 aliphatic heterocycles. The average Bonchev–Trinajstić information content (AvgIpc) is 3.12. The lowest BCUT2D eigenvalue weighted by Gasteiger charge is -2.19. The Morgan fingerprint density at radius 2 is 1.88 bits per heavy atom. The van der Waals surface area contributed by atoms with Gasteiger partial charge in [0.1, 0.15) is 19.3 Å². The summed E-state index contributed by atoms with van der Waals surface area (Å²) in [6, 6.07) is 12.7. The van der Waals surface area contributed by atoms with Crippen LogP contribution in [0.15, 0.2) is 42.5 Å². The van der Waals surface area contributed by atoms with E-state index in [-0.39, 0.29) is 18.0 Å². The lowest BCUT2D eigenvalue weighted by molar-refractivity contribution is -0.117. The molecule has 2 aliphatic rings. The van der Waals surface area contributed by atoms with Crippen molar-refractivity contribution in [2.24, 2.45) is 0 Å². The topological polar surface area (TPSA) is 71.6 Å². The largest absolute Gasteiger partial charge is 0.486 e. The van der Waals surface area contributed by atoms with Gasteiger partial charge < -0.3 is 14.8 Å². The number of rotatable bonds is 3. The van der Waals surface area contributed by atoms with Crippen molar-refractivity contribution in [3.05, 3.63) is 53.1 Å². The third kappa shape index (κ3) is 3.42. The number of halogens is 1. The highest BCUT2D eigenvalue weighted by atomic mass is 35.5. The van der Waals surface area contributed by atoms with Crippen molar-refractivity contribution in [1.29, 1.82) is 0 Å². The highest BCUT2D eigenvalue weighted by Crippen LogP contribution is 2.33. The van der Waals surface area contributed by atoms with E-state index in [9.17, 15) is 4.79 Å². The Kier molecular flexibility index (Phi) is 4.48. The second kappa shape index (κ2) is 6.92. The minimum Gasteiger partial charge on any atom is -0.486 e. The second-order valence-electron chi connectivity index (χ2n) is 6.00. The zero-order valence-corrected chi connectivity index (χ0v) is 14.2. The van der Waals surface area contributed by atoms with Crippen LogP contribution in [0.5, 0.6) is 11.5 Å². The van der Waals surface area contributed by atoms with Crippen molar-refractivity contribution < 1.29 is 14.3 Å². The maximum atomic E-state index is 12.5. The third-order valence-corrected chi connectivity index (χ3v) is 4.65. The predicted molar refractivity (Wildman–Crippen MR) is 94.9 cm³/mol. The first-order valence-corrected chi connectivity index (χ1v) is 8.54. The van der Waals surface area contributed by atoms with E-state index >= 15 is 0 Å². The van der Waals surface area contributed by atoms with Gasteiger partial charge in [0.2, 0.25) is 5.91 Å². The van der Waals surface area contributed by atoms with E-state index in [0.29, 0.717) is 41.8 Å². The molecule has 1 amide bonds. The molecular weight excluding hydrogens is 342 g/mol. The molecule has 2 atom stereocenters. The molecule has 130 valence electrons. The molecule has 3 N–H and O–H groups in total. The van der Waals surface area contributed by atoms with E-state index in [1.54, 1.807) is 18.2 Å². The molecule has 1 fully saturated rings. The summed E-state index contributed by atoms with van der Waals surface area (Å²) in [5.41, 5.74) is 7.83. The van der Waals surface area contributed by atoms with E-state index in [1.165, 1.54) is 0 Å². The Morgan fingerprint density at radius 1 is 1.08 bits per heavy atom. The Morgan fingerprint density at radius 3 is 2.72 bits per heavy atom. The summed E-state index contributed by atoms with van der Waals surface area (Å²) in [5, 5.41) is 3.60. The average molecular weight is 360 g/mol. The van der Waals surface area contributed by atoms with Crippen LogP contribution in [0.2, 0.25) is 5.02 Å². The quantitative estimate of drug-likeness (QED) is 0.786. The van der Waals surface area contributed by atoms with Crippen molar-refractivity contribution in [3.8, 4) is 11.5 Å². The first kappa shape index (κ1) is 16.2. The third-order valence-electron chi connectivity index (χ3n) is 4.31. The normalized spacial score (nSPS) is 21.8. The van der Waals surface area contributed by atoms with Crippen LogP contribution in [0.1, 0.15) is 18.0 Å². The van der Waals surface area contributed by atoms with Crippen LogP contribution >= 0.6 is 11.6 Å². The molecule has 2 aromatic carbocycles. The minimum absolute atomic E-state index is 0.00952. The molecule has 7 heteroatoms. The van der Waals surface area contributed by atoms with Crippen molar-refractivity contribution in [2.45, 2.75) is 18.5 Å². The van der Waals surface area contributed by atoms with Gasteiger partial charge in [-0.1, -0.05) is 29.8 Å². The number of hydrogen-bond acceptors (Lipinski definition) is 5. The van der Waals surface area contributed by atoms with Gasteiger partial charge in [0.15, 0.2) is 11.5 Å². The lowest BCUT2D eigenvalue weighted by Crippen LogP contribution is -2.39. The second-order valence-corrected chi connectivity index (χ2v) is 6.41. The summed E-state index contributed by atoms with van der Waals surface area (Å²) in [6.07, 6.45) is 0.611. The molecule has 2 aromatic rings. The summed E-state index contributed by atoms with van der Waals surface area (Å²) < 4.78 is 11.0. The Balaban J connectivity index is 1.41. The smallest absolute Gasteiger partial charge is 0.242 e. The Bertz CT molecular complexity index is 799. The van der Waals surface area contributed by atoms with Crippen molar-refractivity contribution in [2.75, 3.05) is 18.5 Å². The molecule has 0 bridgehead atoms. The predicted octanol–water partition coefficient (Wildman–Crippen LogP) is 2.66. The lowest BCUT2D eigenvalue weighted by atomic mass is 10.0. The number of ether oxygens (including phenoxy) is 2. The van der Waals surface area contributed by atoms with Crippen molar-refractivity contribution >= 4 is 23.2 Å². The molecular formula is C18H18ClN3O3. The molecule has 2 heterocycles. The summed E-state index contributed by atoms with van der Waals surface area (Å²) in [5.74, 6) is 1.23. The molecule has 0 aromatic heterocycles. The molecule has 0 saturated carbocycles. The van der Waals surface area contributed by atoms with Crippen LogP contribution in [-0.4, -0.2) is 25.2 Å². The van der Waals surface area contributed by atoms with Gasteiger partial charge in [-0.15, -0.1) is 0 Å². The monoisotopic (exact) mass is 359 g/mol. The SMILES string of the molecule is O=C(Nc1ccc2c(c1)OCCO2)C1CC(c2ccccc2Cl)NN1. The van der Waals surface area contributed by atoms with E-state index in [1.807, 2.05) is 24.3 Å². The van der Waals surface area contributed by atoms with Gasteiger partial charge in [-0.3, -0.25) is 4.79 Å². The maximum absolute atomic E-state index is 12.5. The summed E-state index contributed by atoms with van der Waals surface area (Å²) >= 11 is 6.23. The fourth-order valence-corrected chi connectivity index (χ4v) is 3.31. The molecule has 0 aliphatic carbocycles. The molecule has 0 radical (unpaired) electrons. The fraction of sp³-hybridized carbons (Fsp3) is 0.278. The standard InChI is InChI=1S/C18H18ClN3O3/c19-13-4-2-1-3-12(13)14-10-15(22-21-14)18(23)20-11-5-6-16-17(9-11)25-8-7-24-16/h1-6,9,14-15,21-22H,7-8,10H2,(H,20,23). The van der Waals surface area contributed by atoms with E-state index in [0.717, 1.165) is 5.56 Å². The molecule has 25 heavy (non-hydrogen) atoms. The van der Waals surface area contributed by atoms with Crippen LogP contribution < -0.4 is 25.6 Å². The van der Waals surface area contributed by atoms with Crippen molar-refractivity contribution in [1.82, 2.24) is 10.9 Å². The first-order chi connectivity index (χ1) is 12.2. The van der Waals surface area contributed by atoms with E-state index in [4.69, 9.17) is 21.1 Å². The van der Waals surface area contributed by atoms with Crippen molar-refractivity contribution in [3.63, 3.8) is 0 Å². The fourth-order valence-electron chi connectivity index (χ4n) is 3.04. The highest BCUT2D eigenvalue weighted by molar-refractivity contribution is 6.31. The maximum Gasteiger partial charge on any atom is 0.242 e. The Hall–Kier alpha value is -2.28. The molecule has 2 unspecified atom stereocenters. The minimum atomic E-state index is -0.352. The zero-order valence-electron chi connectivity index (χ0n) is 13.4. The number of carbonyl (C=O) groups is 1. The van der Waals surface area contributed by atoms with Gasteiger partial charge in [-0.2, -0.15) is 0 Å². The van der Waals surface area contributed by atoms with Crippen LogP contribution in [0.4, 0.5) is 5.69 Å². The van der Waals surface area contributed by atoms with Gasteiger partial charge in [0.25, 0.3) is 0 Å². The van der Waals surface area contributed by atoms with Crippen LogP contribution in [-0.2, 0) is 4.79 Å². The number of amides is 1. The number of hydrazine groups is 1. The number of nitrogens with one attached hydrogen (secondary N) is 3.